The van der Waals surface area contributed by atoms with Crippen LogP contribution in [0.3, 0.4) is 0 Å². The van der Waals surface area contributed by atoms with Crippen LogP contribution in [0.5, 0.6) is 0 Å². The van der Waals surface area contributed by atoms with Crippen molar-refractivity contribution >= 4 is 5.91 Å². The molecule has 0 aromatic carbocycles. The van der Waals surface area contributed by atoms with Crippen LogP contribution in [0.2, 0.25) is 0 Å². The number of nitrogens with one attached hydrogen (secondary N) is 1. The van der Waals surface area contributed by atoms with E-state index in [0.29, 0.717) is 30.0 Å². The van der Waals surface area contributed by atoms with E-state index in [4.69, 9.17) is 0 Å². The van der Waals surface area contributed by atoms with Crippen molar-refractivity contribution in [3.63, 3.8) is 0 Å². The smallest absolute Gasteiger partial charge is 0.228 e. The summed E-state index contributed by atoms with van der Waals surface area (Å²) in [6.45, 7) is 1.14. The van der Waals surface area contributed by atoms with Crippen LogP contribution >= 0.6 is 0 Å². The van der Waals surface area contributed by atoms with Gasteiger partial charge in [0.2, 0.25) is 5.91 Å². The van der Waals surface area contributed by atoms with Gasteiger partial charge in [-0.15, -0.1) is 0 Å². The van der Waals surface area contributed by atoms with E-state index in [1.807, 2.05) is 0 Å². The molecule has 4 aliphatic rings. The molecule has 1 saturated carbocycles. The van der Waals surface area contributed by atoms with Crippen molar-refractivity contribution in [1.29, 1.82) is 0 Å². The SMILES string of the molecule is O=C1C2CCCC[C@H]2N1C1C=CC2NCC2C1. The number of amides is 1. The number of hydrogen-bond acceptors (Lipinski definition) is 2. The van der Waals surface area contributed by atoms with E-state index in [-0.39, 0.29) is 0 Å². The van der Waals surface area contributed by atoms with Crippen LogP contribution in [0.25, 0.3) is 0 Å². The number of carbonyl (C=O) groups is 1. The Kier molecular flexibility index (Phi) is 2.13. The summed E-state index contributed by atoms with van der Waals surface area (Å²) in [7, 11) is 0. The van der Waals surface area contributed by atoms with Gasteiger partial charge in [-0.25, -0.2) is 0 Å². The van der Waals surface area contributed by atoms with Crippen molar-refractivity contribution in [2.24, 2.45) is 11.8 Å². The monoisotopic (exact) mass is 232 g/mol. The fourth-order valence-corrected chi connectivity index (χ4v) is 4.13. The Labute approximate surface area is 102 Å². The lowest BCUT2D eigenvalue weighted by Gasteiger charge is -2.55. The third-order valence-corrected chi connectivity index (χ3v) is 5.22. The molecule has 5 atom stereocenters. The predicted octanol–water partition coefficient (Wildman–Crippen LogP) is 1.30. The Morgan fingerprint density at radius 3 is 2.88 bits per heavy atom. The zero-order chi connectivity index (χ0) is 11.4. The van der Waals surface area contributed by atoms with Gasteiger partial charge in [0, 0.05) is 18.6 Å². The van der Waals surface area contributed by atoms with Gasteiger partial charge in [0.15, 0.2) is 0 Å². The second-order valence-electron chi connectivity index (χ2n) is 6.09. The fraction of sp³-hybridized carbons (Fsp3) is 0.786. The minimum Gasteiger partial charge on any atom is -0.332 e. The van der Waals surface area contributed by atoms with Crippen LogP contribution in [0.15, 0.2) is 12.2 Å². The molecule has 0 spiro atoms. The molecule has 2 heterocycles. The van der Waals surface area contributed by atoms with Crippen molar-refractivity contribution in [1.82, 2.24) is 10.2 Å². The number of likely N-dealkylation sites (tertiary alicyclic amines) is 1. The van der Waals surface area contributed by atoms with Gasteiger partial charge in [0.25, 0.3) is 0 Å². The third-order valence-electron chi connectivity index (χ3n) is 5.22. The van der Waals surface area contributed by atoms with Crippen LogP contribution in [-0.2, 0) is 4.79 Å². The van der Waals surface area contributed by atoms with Gasteiger partial charge < -0.3 is 10.2 Å². The van der Waals surface area contributed by atoms with E-state index < -0.39 is 0 Å². The Bertz CT molecular complexity index is 378. The van der Waals surface area contributed by atoms with E-state index in [9.17, 15) is 4.79 Å². The van der Waals surface area contributed by atoms with Gasteiger partial charge in [-0.1, -0.05) is 25.0 Å². The second kappa shape index (κ2) is 3.58. The summed E-state index contributed by atoms with van der Waals surface area (Å²) in [5, 5.41) is 3.42. The maximum Gasteiger partial charge on any atom is 0.228 e. The molecular formula is C14H20N2O. The summed E-state index contributed by atoms with van der Waals surface area (Å²) in [4.78, 5) is 14.4. The Hall–Kier alpha value is -0.830. The topological polar surface area (TPSA) is 32.3 Å². The van der Waals surface area contributed by atoms with E-state index in [1.54, 1.807) is 0 Å². The fourth-order valence-electron chi connectivity index (χ4n) is 4.13. The van der Waals surface area contributed by atoms with Gasteiger partial charge in [-0.05, 0) is 25.2 Å². The van der Waals surface area contributed by atoms with Crippen LogP contribution in [0, 0.1) is 11.8 Å². The lowest BCUT2D eigenvalue weighted by molar-refractivity contribution is -0.163. The van der Waals surface area contributed by atoms with Crippen LogP contribution < -0.4 is 5.32 Å². The summed E-state index contributed by atoms with van der Waals surface area (Å²) >= 11 is 0. The summed E-state index contributed by atoms with van der Waals surface area (Å²) in [6.07, 6.45) is 10.7. The first-order chi connectivity index (χ1) is 8.34. The molecule has 2 aliphatic heterocycles. The molecule has 4 rings (SSSR count). The average molecular weight is 232 g/mol. The standard InChI is InChI=1S/C14H20N2O/c17-14-11-3-1-2-4-13(11)16(14)10-5-6-12-9(7-10)8-15-12/h5-6,9-13,15H,1-4,7-8H2/t9?,10?,11?,12?,13-/m1/s1. The highest BCUT2D eigenvalue weighted by Crippen LogP contribution is 2.42. The van der Waals surface area contributed by atoms with Gasteiger partial charge in [0.05, 0.1) is 12.0 Å². The first-order valence-corrected chi connectivity index (χ1v) is 7.08. The van der Waals surface area contributed by atoms with Gasteiger partial charge >= 0.3 is 0 Å². The average Bonchev–Trinajstić information content (AvgIpc) is 2.32. The molecule has 0 aromatic rings. The Morgan fingerprint density at radius 1 is 1.24 bits per heavy atom. The molecule has 2 saturated heterocycles. The van der Waals surface area contributed by atoms with E-state index in [1.165, 1.54) is 25.7 Å². The van der Waals surface area contributed by atoms with Gasteiger partial charge in [-0.3, -0.25) is 4.79 Å². The largest absolute Gasteiger partial charge is 0.332 e. The molecule has 92 valence electrons. The third kappa shape index (κ3) is 1.35. The Morgan fingerprint density at radius 2 is 2.12 bits per heavy atom. The number of hydrogen-bond donors (Lipinski definition) is 1. The normalized spacial score (nSPS) is 47.9. The molecule has 3 fully saturated rings. The van der Waals surface area contributed by atoms with Gasteiger partial charge in [0.1, 0.15) is 0 Å². The molecular weight excluding hydrogens is 212 g/mol. The van der Waals surface area contributed by atoms with E-state index in [0.717, 1.165) is 18.9 Å². The predicted molar refractivity (Wildman–Crippen MR) is 65.4 cm³/mol. The zero-order valence-electron chi connectivity index (χ0n) is 10.1. The first kappa shape index (κ1) is 10.1. The van der Waals surface area contributed by atoms with Crippen LogP contribution in [-0.4, -0.2) is 35.5 Å². The van der Waals surface area contributed by atoms with Crippen molar-refractivity contribution in [3.05, 3.63) is 12.2 Å². The molecule has 0 radical (unpaired) electrons. The first-order valence-electron chi connectivity index (χ1n) is 7.08. The van der Waals surface area contributed by atoms with Crippen molar-refractivity contribution in [2.45, 2.75) is 50.2 Å². The lowest BCUT2D eigenvalue weighted by Crippen LogP contribution is -2.67. The maximum absolute atomic E-state index is 12.2. The Balaban J connectivity index is 1.51. The van der Waals surface area contributed by atoms with E-state index in [2.05, 4.69) is 22.4 Å². The summed E-state index contributed by atoms with van der Waals surface area (Å²) < 4.78 is 0. The zero-order valence-corrected chi connectivity index (χ0v) is 10.1. The number of nitrogens with zero attached hydrogens (tertiary/aromatic N) is 1. The second-order valence-corrected chi connectivity index (χ2v) is 6.09. The highest BCUT2D eigenvalue weighted by atomic mass is 16.2. The molecule has 17 heavy (non-hydrogen) atoms. The molecule has 1 N–H and O–H groups in total. The summed E-state index contributed by atoms with van der Waals surface area (Å²) in [5.74, 6) is 1.60. The molecule has 4 unspecified atom stereocenters. The summed E-state index contributed by atoms with van der Waals surface area (Å²) in [5.41, 5.74) is 0. The maximum atomic E-state index is 12.2. The number of carbonyl (C=O) groups excluding carboxylic acids is 1. The van der Waals surface area contributed by atoms with Crippen molar-refractivity contribution < 1.29 is 4.79 Å². The summed E-state index contributed by atoms with van der Waals surface area (Å²) in [6, 6.07) is 1.59. The number of fused-ring (bicyclic) bond motifs is 2. The molecule has 3 nitrogen and oxygen atoms in total. The molecule has 2 aliphatic carbocycles. The molecule has 0 aromatic heterocycles. The molecule has 3 heteroatoms. The highest BCUT2D eigenvalue weighted by Gasteiger charge is 2.51. The lowest BCUT2D eigenvalue weighted by atomic mass is 9.72. The van der Waals surface area contributed by atoms with E-state index >= 15 is 0 Å². The molecule has 1 amide bonds. The van der Waals surface area contributed by atoms with Crippen molar-refractivity contribution in [3.8, 4) is 0 Å². The molecule has 0 bridgehead atoms. The quantitative estimate of drug-likeness (QED) is 0.546. The minimum absolute atomic E-state index is 0.384. The minimum atomic E-state index is 0.384. The highest BCUT2D eigenvalue weighted by molar-refractivity contribution is 5.86. The van der Waals surface area contributed by atoms with Crippen LogP contribution in [0.4, 0.5) is 0 Å². The van der Waals surface area contributed by atoms with Crippen molar-refractivity contribution in [2.75, 3.05) is 6.54 Å². The number of rotatable bonds is 1. The number of β-lactam (4-membered cyclic amide) rings is 1. The van der Waals surface area contributed by atoms with Gasteiger partial charge in [-0.2, -0.15) is 0 Å². The van der Waals surface area contributed by atoms with Crippen LogP contribution in [0.1, 0.15) is 32.1 Å².